The SMILES string of the molecule is COC(=O)c1cc(CNCC2(C3CC3)CC2)oc1C. The third-order valence-electron chi connectivity index (χ3n) is 4.49. The van der Waals surface area contributed by atoms with Gasteiger partial charge in [0, 0.05) is 6.54 Å². The fraction of sp³-hybridized carbons (Fsp3) is 0.667. The number of nitrogens with one attached hydrogen (secondary N) is 1. The van der Waals surface area contributed by atoms with E-state index >= 15 is 0 Å². The minimum absolute atomic E-state index is 0.329. The van der Waals surface area contributed by atoms with E-state index in [1.54, 1.807) is 13.0 Å². The monoisotopic (exact) mass is 263 g/mol. The van der Waals surface area contributed by atoms with Crippen LogP contribution in [0.2, 0.25) is 0 Å². The molecule has 0 aliphatic heterocycles. The first kappa shape index (κ1) is 12.7. The highest BCUT2D eigenvalue weighted by Crippen LogP contribution is 2.60. The minimum atomic E-state index is -0.329. The second-order valence-corrected chi connectivity index (χ2v) is 5.91. The maximum atomic E-state index is 11.5. The van der Waals surface area contributed by atoms with Gasteiger partial charge in [0.05, 0.1) is 13.7 Å². The largest absolute Gasteiger partial charge is 0.465 e. The quantitative estimate of drug-likeness (QED) is 0.802. The molecule has 2 aliphatic rings. The van der Waals surface area contributed by atoms with Gasteiger partial charge in [-0.1, -0.05) is 0 Å². The number of hydrogen-bond acceptors (Lipinski definition) is 4. The number of hydrogen-bond donors (Lipinski definition) is 1. The van der Waals surface area contributed by atoms with Crippen molar-refractivity contribution in [3.05, 3.63) is 23.2 Å². The van der Waals surface area contributed by atoms with Crippen LogP contribution in [0.1, 0.15) is 47.6 Å². The van der Waals surface area contributed by atoms with Gasteiger partial charge in [-0.2, -0.15) is 0 Å². The number of carbonyl (C=O) groups excluding carboxylic acids is 1. The van der Waals surface area contributed by atoms with Crippen LogP contribution >= 0.6 is 0 Å². The fourth-order valence-corrected chi connectivity index (χ4v) is 2.96. The Bertz CT molecular complexity index is 484. The first-order valence-electron chi connectivity index (χ1n) is 7.03. The molecule has 3 rings (SSSR count). The summed E-state index contributed by atoms with van der Waals surface area (Å²) >= 11 is 0. The molecule has 104 valence electrons. The number of furan rings is 1. The molecule has 1 aromatic rings. The molecular formula is C15H21NO3. The maximum Gasteiger partial charge on any atom is 0.341 e. The number of carbonyl (C=O) groups is 1. The molecule has 1 N–H and O–H groups in total. The molecule has 0 amide bonds. The lowest BCUT2D eigenvalue weighted by molar-refractivity contribution is 0.0599. The van der Waals surface area contributed by atoms with E-state index < -0.39 is 0 Å². The summed E-state index contributed by atoms with van der Waals surface area (Å²) in [5, 5.41) is 3.48. The molecular weight excluding hydrogens is 242 g/mol. The minimum Gasteiger partial charge on any atom is -0.465 e. The molecule has 2 saturated carbocycles. The number of rotatable bonds is 6. The Hall–Kier alpha value is -1.29. The number of ether oxygens (including phenoxy) is 1. The van der Waals surface area contributed by atoms with Crippen molar-refractivity contribution < 1.29 is 13.9 Å². The standard InChI is InChI=1S/C15H21NO3/c1-10-13(14(17)18-2)7-12(19-10)8-16-9-15(5-6-15)11-3-4-11/h7,11,16H,3-6,8-9H2,1-2H3. The molecule has 0 unspecified atom stereocenters. The van der Waals surface area contributed by atoms with Gasteiger partial charge in [0.1, 0.15) is 17.1 Å². The molecule has 19 heavy (non-hydrogen) atoms. The molecule has 2 aliphatic carbocycles. The predicted molar refractivity (Wildman–Crippen MR) is 70.9 cm³/mol. The van der Waals surface area contributed by atoms with Gasteiger partial charge >= 0.3 is 5.97 Å². The molecule has 0 bridgehead atoms. The highest BCUT2D eigenvalue weighted by atomic mass is 16.5. The van der Waals surface area contributed by atoms with Crippen molar-refractivity contribution in [2.45, 2.75) is 39.2 Å². The third kappa shape index (κ3) is 2.54. The molecule has 4 nitrogen and oxygen atoms in total. The summed E-state index contributed by atoms with van der Waals surface area (Å²) in [6, 6.07) is 1.78. The van der Waals surface area contributed by atoms with Crippen LogP contribution in [0, 0.1) is 18.3 Å². The molecule has 4 heteroatoms. The highest BCUT2D eigenvalue weighted by Gasteiger charge is 2.53. The van der Waals surface area contributed by atoms with E-state index in [4.69, 9.17) is 9.15 Å². The number of aryl methyl sites for hydroxylation is 1. The van der Waals surface area contributed by atoms with Crippen molar-refractivity contribution >= 4 is 5.97 Å². The molecule has 0 atom stereocenters. The van der Waals surface area contributed by atoms with Gasteiger partial charge in [0.15, 0.2) is 0 Å². The van der Waals surface area contributed by atoms with Crippen molar-refractivity contribution in [1.82, 2.24) is 5.32 Å². The van der Waals surface area contributed by atoms with E-state index in [1.165, 1.54) is 32.8 Å². The van der Waals surface area contributed by atoms with Gasteiger partial charge in [-0.25, -0.2) is 4.79 Å². The van der Waals surface area contributed by atoms with Crippen LogP contribution in [-0.2, 0) is 11.3 Å². The van der Waals surface area contributed by atoms with Crippen LogP contribution < -0.4 is 5.32 Å². The van der Waals surface area contributed by atoms with Crippen molar-refractivity contribution in [3.8, 4) is 0 Å². The highest BCUT2D eigenvalue weighted by molar-refractivity contribution is 5.90. The van der Waals surface area contributed by atoms with Crippen LogP contribution in [0.4, 0.5) is 0 Å². The normalized spacial score (nSPS) is 20.3. The second-order valence-electron chi connectivity index (χ2n) is 5.91. The van der Waals surface area contributed by atoms with Crippen molar-refractivity contribution in [1.29, 1.82) is 0 Å². The summed E-state index contributed by atoms with van der Waals surface area (Å²) in [6.45, 7) is 3.56. The zero-order valence-electron chi connectivity index (χ0n) is 11.6. The maximum absolute atomic E-state index is 11.5. The van der Waals surface area contributed by atoms with Gasteiger partial charge in [-0.05, 0) is 50.0 Å². The van der Waals surface area contributed by atoms with Gasteiger partial charge < -0.3 is 14.5 Å². The van der Waals surface area contributed by atoms with E-state index in [1.807, 2.05) is 0 Å². The number of esters is 1. The average Bonchev–Trinajstić information content (AvgIpc) is 3.27. The molecule has 0 saturated heterocycles. The van der Waals surface area contributed by atoms with Crippen molar-refractivity contribution in [2.24, 2.45) is 11.3 Å². The van der Waals surface area contributed by atoms with Crippen LogP contribution in [0.3, 0.4) is 0 Å². The first-order chi connectivity index (χ1) is 9.14. The summed E-state index contributed by atoms with van der Waals surface area (Å²) < 4.78 is 10.3. The Balaban J connectivity index is 1.54. The smallest absolute Gasteiger partial charge is 0.341 e. The Morgan fingerprint density at radius 1 is 1.53 bits per heavy atom. The van der Waals surface area contributed by atoms with Crippen molar-refractivity contribution in [3.63, 3.8) is 0 Å². The Morgan fingerprint density at radius 2 is 2.26 bits per heavy atom. The van der Waals surface area contributed by atoms with E-state index in [0.717, 1.165) is 18.2 Å². The molecule has 1 heterocycles. The van der Waals surface area contributed by atoms with E-state index in [2.05, 4.69) is 5.32 Å². The fourth-order valence-electron chi connectivity index (χ4n) is 2.96. The van der Waals surface area contributed by atoms with E-state index in [9.17, 15) is 4.79 Å². The van der Waals surface area contributed by atoms with Gasteiger partial charge in [-0.15, -0.1) is 0 Å². The molecule has 1 aromatic heterocycles. The summed E-state index contributed by atoms with van der Waals surface area (Å²) in [4.78, 5) is 11.5. The van der Waals surface area contributed by atoms with E-state index in [0.29, 0.717) is 23.3 Å². The first-order valence-corrected chi connectivity index (χ1v) is 7.03. The Morgan fingerprint density at radius 3 is 2.84 bits per heavy atom. The topological polar surface area (TPSA) is 51.5 Å². The van der Waals surface area contributed by atoms with Crippen LogP contribution in [0.5, 0.6) is 0 Å². The lowest BCUT2D eigenvalue weighted by Crippen LogP contribution is -2.24. The predicted octanol–water partition coefficient (Wildman–Crippen LogP) is 2.65. The van der Waals surface area contributed by atoms with Crippen LogP contribution in [0.15, 0.2) is 10.5 Å². The number of methoxy groups -OCH3 is 1. The van der Waals surface area contributed by atoms with Gasteiger partial charge in [-0.3, -0.25) is 0 Å². The zero-order valence-corrected chi connectivity index (χ0v) is 11.6. The van der Waals surface area contributed by atoms with Crippen molar-refractivity contribution in [2.75, 3.05) is 13.7 Å². The summed E-state index contributed by atoms with van der Waals surface area (Å²) in [5.41, 5.74) is 1.12. The molecule has 0 spiro atoms. The Kier molecular flexibility index (Phi) is 3.13. The second kappa shape index (κ2) is 4.67. The molecule has 0 radical (unpaired) electrons. The van der Waals surface area contributed by atoms with E-state index in [-0.39, 0.29) is 5.97 Å². The lowest BCUT2D eigenvalue weighted by atomic mass is 10.0. The summed E-state index contributed by atoms with van der Waals surface area (Å²) in [6.07, 6.45) is 5.56. The Labute approximate surface area is 113 Å². The third-order valence-corrected chi connectivity index (χ3v) is 4.49. The summed E-state index contributed by atoms with van der Waals surface area (Å²) in [7, 11) is 1.39. The van der Waals surface area contributed by atoms with Crippen LogP contribution in [-0.4, -0.2) is 19.6 Å². The average molecular weight is 263 g/mol. The zero-order chi connectivity index (χ0) is 13.5. The van der Waals surface area contributed by atoms with Gasteiger partial charge in [0.25, 0.3) is 0 Å². The summed E-state index contributed by atoms with van der Waals surface area (Å²) in [5.74, 6) is 2.07. The molecule has 2 fully saturated rings. The molecule has 0 aromatic carbocycles. The van der Waals surface area contributed by atoms with Crippen LogP contribution in [0.25, 0.3) is 0 Å². The van der Waals surface area contributed by atoms with Gasteiger partial charge in [0.2, 0.25) is 0 Å². The lowest BCUT2D eigenvalue weighted by Gasteiger charge is -2.14.